The molecule has 0 atom stereocenters. The van der Waals surface area contributed by atoms with Gasteiger partial charge in [0.15, 0.2) is 0 Å². The molecule has 0 aromatic heterocycles. The van der Waals surface area contributed by atoms with E-state index in [1.54, 1.807) is 0 Å². The topological polar surface area (TPSA) is 3.24 Å². The van der Waals surface area contributed by atoms with Gasteiger partial charge in [-0.1, -0.05) is 42.0 Å². The van der Waals surface area contributed by atoms with Crippen molar-refractivity contribution in [1.82, 2.24) is 4.90 Å². The lowest BCUT2D eigenvalue weighted by Gasteiger charge is -2.19. The molecule has 0 saturated heterocycles. The Bertz CT molecular complexity index is 320. The second-order valence-electron chi connectivity index (χ2n) is 3.91. The lowest BCUT2D eigenvalue weighted by atomic mass is 10.2. The molecule has 0 radical (unpaired) electrons. The van der Waals surface area contributed by atoms with E-state index in [0.717, 1.165) is 13.1 Å². The molecule has 0 heterocycles. The molecule has 1 rings (SSSR count). The summed E-state index contributed by atoms with van der Waals surface area (Å²) in [5.41, 5.74) is 2.64. The van der Waals surface area contributed by atoms with Crippen LogP contribution in [0.5, 0.6) is 0 Å². The molecule has 1 nitrogen and oxygen atoms in total. The highest BCUT2D eigenvalue weighted by Gasteiger charge is 1.98. The van der Waals surface area contributed by atoms with E-state index >= 15 is 0 Å². The van der Waals surface area contributed by atoms with Gasteiger partial charge in [-0.2, -0.15) is 0 Å². The minimum absolute atomic E-state index is 0.889. The third-order valence-electron chi connectivity index (χ3n) is 2.03. The van der Waals surface area contributed by atoms with Crippen molar-refractivity contribution >= 4 is 0 Å². The lowest BCUT2D eigenvalue weighted by Crippen LogP contribution is -2.16. The van der Waals surface area contributed by atoms with E-state index in [0.29, 0.717) is 0 Å². The van der Waals surface area contributed by atoms with Gasteiger partial charge in [0.25, 0.3) is 0 Å². The van der Waals surface area contributed by atoms with E-state index in [1.807, 2.05) is 12.1 Å². The van der Waals surface area contributed by atoms with Gasteiger partial charge in [0.1, 0.15) is 0 Å². The van der Waals surface area contributed by atoms with E-state index in [2.05, 4.69) is 55.8 Å². The van der Waals surface area contributed by atoms with Crippen LogP contribution in [0.2, 0.25) is 0 Å². The monoisotopic (exact) mass is 201 g/mol. The second-order valence-corrected chi connectivity index (χ2v) is 3.91. The maximum absolute atomic E-state index is 3.78. The molecule has 0 saturated carbocycles. The Morgan fingerprint density at radius 2 is 1.93 bits per heavy atom. The molecule has 1 aromatic rings. The molecule has 80 valence electrons. The van der Waals surface area contributed by atoms with Crippen molar-refractivity contribution in [2.24, 2.45) is 0 Å². The number of rotatable bonds is 5. The van der Waals surface area contributed by atoms with Crippen LogP contribution in [-0.2, 0) is 6.54 Å². The average Bonchev–Trinajstić information content (AvgIpc) is 2.18. The summed E-state index contributed by atoms with van der Waals surface area (Å²) in [5.74, 6) is 0. The lowest BCUT2D eigenvalue weighted by molar-refractivity contribution is 0.406. The summed E-state index contributed by atoms with van der Waals surface area (Å²) in [5, 5.41) is 0. The SMILES string of the molecule is C=CCN(C=C(C)C)Cc1ccccc1. The Morgan fingerprint density at radius 3 is 2.47 bits per heavy atom. The van der Waals surface area contributed by atoms with Crippen LogP contribution in [0.1, 0.15) is 19.4 Å². The molecule has 0 fully saturated rings. The molecule has 0 aliphatic rings. The van der Waals surface area contributed by atoms with E-state index in [1.165, 1.54) is 11.1 Å². The van der Waals surface area contributed by atoms with Crippen LogP contribution in [-0.4, -0.2) is 11.4 Å². The molecular formula is C14H19N. The van der Waals surface area contributed by atoms with Crippen LogP contribution in [0.25, 0.3) is 0 Å². The molecular weight excluding hydrogens is 182 g/mol. The van der Waals surface area contributed by atoms with Gasteiger partial charge in [-0.15, -0.1) is 6.58 Å². The zero-order chi connectivity index (χ0) is 11.1. The number of allylic oxidation sites excluding steroid dienone is 1. The minimum Gasteiger partial charge on any atom is -0.369 e. The summed E-state index contributed by atoms with van der Waals surface area (Å²) < 4.78 is 0. The fourth-order valence-corrected chi connectivity index (χ4v) is 1.51. The number of hydrogen-bond acceptors (Lipinski definition) is 1. The highest BCUT2D eigenvalue weighted by molar-refractivity contribution is 5.15. The third kappa shape index (κ3) is 4.50. The van der Waals surface area contributed by atoms with Crippen molar-refractivity contribution in [3.63, 3.8) is 0 Å². The zero-order valence-corrected chi connectivity index (χ0v) is 9.61. The van der Waals surface area contributed by atoms with Gasteiger partial charge in [-0.05, 0) is 25.6 Å². The largest absolute Gasteiger partial charge is 0.369 e. The van der Waals surface area contributed by atoms with Crippen molar-refractivity contribution in [2.45, 2.75) is 20.4 Å². The van der Waals surface area contributed by atoms with Gasteiger partial charge in [-0.25, -0.2) is 0 Å². The molecule has 0 amide bonds. The molecule has 0 spiro atoms. The predicted octanol–water partition coefficient (Wildman–Crippen LogP) is 3.60. The number of hydrogen-bond donors (Lipinski definition) is 0. The Labute approximate surface area is 92.7 Å². The van der Waals surface area contributed by atoms with Gasteiger partial charge in [0.2, 0.25) is 0 Å². The maximum Gasteiger partial charge on any atom is 0.0427 e. The molecule has 1 aromatic carbocycles. The summed E-state index contributed by atoms with van der Waals surface area (Å²) in [6.45, 7) is 9.83. The van der Waals surface area contributed by atoms with Crippen LogP contribution in [0.15, 0.2) is 54.8 Å². The van der Waals surface area contributed by atoms with Crippen LogP contribution >= 0.6 is 0 Å². The second kappa shape index (κ2) is 6.07. The van der Waals surface area contributed by atoms with Gasteiger partial charge >= 0.3 is 0 Å². The first-order valence-electron chi connectivity index (χ1n) is 5.26. The summed E-state index contributed by atoms with van der Waals surface area (Å²) in [6.07, 6.45) is 4.11. The van der Waals surface area contributed by atoms with Crippen LogP contribution in [0, 0.1) is 0 Å². The summed E-state index contributed by atoms with van der Waals surface area (Å²) >= 11 is 0. The first-order valence-corrected chi connectivity index (χ1v) is 5.26. The fraction of sp³-hybridized carbons (Fsp3) is 0.286. The summed E-state index contributed by atoms with van der Waals surface area (Å²) in [6, 6.07) is 10.5. The van der Waals surface area contributed by atoms with Crippen LogP contribution in [0.3, 0.4) is 0 Å². The van der Waals surface area contributed by atoms with Gasteiger partial charge in [0, 0.05) is 13.1 Å². The van der Waals surface area contributed by atoms with Gasteiger partial charge in [0.05, 0.1) is 0 Å². The first-order chi connectivity index (χ1) is 7.22. The number of benzene rings is 1. The van der Waals surface area contributed by atoms with Crippen LogP contribution in [0.4, 0.5) is 0 Å². The molecule has 0 N–H and O–H groups in total. The Hall–Kier alpha value is -1.50. The van der Waals surface area contributed by atoms with E-state index in [4.69, 9.17) is 0 Å². The predicted molar refractivity (Wildman–Crippen MR) is 66.5 cm³/mol. The van der Waals surface area contributed by atoms with Crippen molar-refractivity contribution in [2.75, 3.05) is 6.54 Å². The van der Waals surface area contributed by atoms with E-state index in [9.17, 15) is 0 Å². The quantitative estimate of drug-likeness (QED) is 0.658. The smallest absolute Gasteiger partial charge is 0.0427 e. The molecule has 0 aliphatic heterocycles. The number of nitrogens with zero attached hydrogens (tertiary/aromatic N) is 1. The fourth-order valence-electron chi connectivity index (χ4n) is 1.51. The Morgan fingerprint density at radius 1 is 1.27 bits per heavy atom. The minimum atomic E-state index is 0.889. The van der Waals surface area contributed by atoms with Gasteiger partial charge in [-0.3, -0.25) is 0 Å². The molecule has 1 heteroatoms. The average molecular weight is 201 g/mol. The highest BCUT2D eigenvalue weighted by Crippen LogP contribution is 2.06. The molecule has 0 unspecified atom stereocenters. The first kappa shape index (κ1) is 11.6. The van der Waals surface area contributed by atoms with Crippen LogP contribution < -0.4 is 0 Å². The standard InChI is InChI=1S/C14H19N/c1-4-10-15(11-13(2)3)12-14-8-6-5-7-9-14/h4-9,11H,1,10,12H2,2-3H3. The summed E-state index contributed by atoms with van der Waals surface area (Å²) in [7, 11) is 0. The van der Waals surface area contributed by atoms with Crippen molar-refractivity contribution in [1.29, 1.82) is 0 Å². The molecule has 15 heavy (non-hydrogen) atoms. The van der Waals surface area contributed by atoms with E-state index < -0.39 is 0 Å². The normalized spacial score (nSPS) is 9.47. The van der Waals surface area contributed by atoms with E-state index in [-0.39, 0.29) is 0 Å². The molecule has 0 aliphatic carbocycles. The molecule has 0 bridgehead atoms. The zero-order valence-electron chi connectivity index (χ0n) is 9.61. The van der Waals surface area contributed by atoms with Crippen molar-refractivity contribution < 1.29 is 0 Å². The van der Waals surface area contributed by atoms with Crippen molar-refractivity contribution in [3.05, 3.63) is 60.3 Å². The highest BCUT2D eigenvalue weighted by atomic mass is 15.1. The van der Waals surface area contributed by atoms with Crippen molar-refractivity contribution in [3.8, 4) is 0 Å². The van der Waals surface area contributed by atoms with Gasteiger partial charge < -0.3 is 4.90 Å². The Kier molecular flexibility index (Phi) is 4.69. The Balaban J connectivity index is 2.67. The third-order valence-corrected chi connectivity index (χ3v) is 2.03. The maximum atomic E-state index is 3.78. The summed E-state index contributed by atoms with van der Waals surface area (Å²) in [4.78, 5) is 2.26.